The van der Waals surface area contributed by atoms with E-state index in [-0.39, 0.29) is 11.9 Å². The minimum Gasteiger partial charge on any atom is -0.350 e. The fourth-order valence-corrected chi connectivity index (χ4v) is 2.02. The van der Waals surface area contributed by atoms with Crippen LogP contribution in [-0.2, 0) is 4.79 Å². The number of carbonyl (C=O) groups excluding carboxylic acids is 1. The zero-order valence-corrected chi connectivity index (χ0v) is 11.9. The third-order valence-corrected chi connectivity index (χ3v) is 3.05. The predicted molar refractivity (Wildman–Crippen MR) is 73.9 cm³/mol. The van der Waals surface area contributed by atoms with Crippen LogP contribution in [0.5, 0.6) is 0 Å². The molecule has 4 heteroatoms. The summed E-state index contributed by atoms with van der Waals surface area (Å²) in [6.45, 7) is 2.87. The molecule has 1 aromatic carbocycles. The number of hydrogen-bond acceptors (Lipinski definition) is 2. The van der Waals surface area contributed by atoms with E-state index in [4.69, 9.17) is 0 Å². The van der Waals surface area contributed by atoms with Crippen LogP contribution in [0.15, 0.2) is 28.7 Å². The number of benzene rings is 1. The summed E-state index contributed by atoms with van der Waals surface area (Å²) in [6, 6.07) is 8.05. The molecule has 0 aromatic heterocycles. The molecule has 0 aliphatic heterocycles. The molecule has 1 aromatic rings. The molecule has 0 aliphatic carbocycles. The molecular formula is C13H19BrN2O. The summed E-state index contributed by atoms with van der Waals surface area (Å²) in [6.07, 6.45) is 1.44. The Kier molecular flexibility index (Phi) is 6.22. The van der Waals surface area contributed by atoms with E-state index in [0.29, 0.717) is 6.42 Å². The summed E-state index contributed by atoms with van der Waals surface area (Å²) in [5.41, 5.74) is 1.11. The highest BCUT2D eigenvalue weighted by atomic mass is 79.9. The standard InChI is InChI=1S/C13H19BrN2O/c1-10(11-5-3-6-12(14)9-11)16-13(17)7-4-8-15-2/h3,5-6,9-10,15H,4,7-8H2,1-2H3,(H,16,17). The van der Waals surface area contributed by atoms with Gasteiger partial charge in [0.2, 0.25) is 5.91 Å². The lowest BCUT2D eigenvalue weighted by Crippen LogP contribution is -2.27. The van der Waals surface area contributed by atoms with Crippen LogP contribution in [0.1, 0.15) is 31.4 Å². The molecule has 0 radical (unpaired) electrons. The SMILES string of the molecule is CNCCCC(=O)NC(C)c1cccc(Br)c1. The van der Waals surface area contributed by atoms with Crippen LogP contribution >= 0.6 is 15.9 Å². The molecular weight excluding hydrogens is 280 g/mol. The van der Waals surface area contributed by atoms with Crippen LogP contribution in [0.3, 0.4) is 0 Å². The second-order valence-corrected chi connectivity index (χ2v) is 4.97. The van der Waals surface area contributed by atoms with Crippen LogP contribution < -0.4 is 10.6 Å². The van der Waals surface area contributed by atoms with Gasteiger partial charge in [-0.25, -0.2) is 0 Å². The molecule has 0 bridgehead atoms. The quantitative estimate of drug-likeness (QED) is 0.793. The Balaban J connectivity index is 2.43. The van der Waals surface area contributed by atoms with Gasteiger partial charge in [-0.3, -0.25) is 4.79 Å². The van der Waals surface area contributed by atoms with E-state index >= 15 is 0 Å². The summed E-state index contributed by atoms with van der Waals surface area (Å²) >= 11 is 3.43. The topological polar surface area (TPSA) is 41.1 Å². The first-order valence-electron chi connectivity index (χ1n) is 5.83. The van der Waals surface area contributed by atoms with Gasteiger partial charge in [-0.05, 0) is 44.6 Å². The molecule has 3 nitrogen and oxygen atoms in total. The summed E-state index contributed by atoms with van der Waals surface area (Å²) in [4.78, 5) is 11.6. The monoisotopic (exact) mass is 298 g/mol. The number of carbonyl (C=O) groups is 1. The molecule has 0 saturated heterocycles. The van der Waals surface area contributed by atoms with Crippen molar-refractivity contribution in [2.24, 2.45) is 0 Å². The van der Waals surface area contributed by atoms with Gasteiger partial charge in [-0.15, -0.1) is 0 Å². The number of amides is 1. The van der Waals surface area contributed by atoms with Crippen molar-refractivity contribution < 1.29 is 4.79 Å². The Morgan fingerprint density at radius 2 is 2.24 bits per heavy atom. The minimum atomic E-state index is 0.0505. The van der Waals surface area contributed by atoms with E-state index in [1.165, 1.54) is 0 Å². The molecule has 0 spiro atoms. The minimum absolute atomic E-state index is 0.0505. The number of hydrogen-bond donors (Lipinski definition) is 2. The average Bonchev–Trinajstić information content (AvgIpc) is 2.29. The van der Waals surface area contributed by atoms with Crippen LogP contribution in [0.2, 0.25) is 0 Å². The van der Waals surface area contributed by atoms with Gasteiger partial charge >= 0.3 is 0 Å². The first-order chi connectivity index (χ1) is 8.13. The van der Waals surface area contributed by atoms with Crippen LogP contribution in [0, 0.1) is 0 Å². The van der Waals surface area contributed by atoms with Crippen molar-refractivity contribution in [1.82, 2.24) is 10.6 Å². The largest absolute Gasteiger partial charge is 0.350 e. The molecule has 0 fully saturated rings. The van der Waals surface area contributed by atoms with Gasteiger partial charge in [0, 0.05) is 10.9 Å². The number of nitrogens with one attached hydrogen (secondary N) is 2. The van der Waals surface area contributed by atoms with Crippen molar-refractivity contribution in [3.63, 3.8) is 0 Å². The number of halogens is 1. The van der Waals surface area contributed by atoms with E-state index in [2.05, 4.69) is 26.6 Å². The highest BCUT2D eigenvalue weighted by Crippen LogP contribution is 2.17. The molecule has 0 heterocycles. The zero-order valence-electron chi connectivity index (χ0n) is 10.3. The van der Waals surface area contributed by atoms with Crippen LogP contribution in [0.4, 0.5) is 0 Å². The Hall–Kier alpha value is -0.870. The first kappa shape index (κ1) is 14.2. The molecule has 2 N–H and O–H groups in total. The fourth-order valence-electron chi connectivity index (χ4n) is 1.60. The van der Waals surface area contributed by atoms with Crippen molar-refractivity contribution in [3.05, 3.63) is 34.3 Å². The Labute approximate surface area is 111 Å². The smallest absolute Gasteiger partial charge is 0.220 e. The van der Waals surface area contributed by atoms with Crippen molar-refractivity contribution in [2.45, 2.75) is 25.8 Å². The lowest BCUT2D eigenvalue weighted by atomic mass is 10.1. The highest BCUT2D eigenvalue weighted by molar-refractivity contribution is 9.10. The van der Waals surface area contributed by atoms with Gasteiger partial charge in [0.1, 0.15) is 0 Å². The molecule has 1 amide bonds. The summed E-state index contributed by atoms with van der Waals surface area (Å²) < 4.78 is 1.03. The second-order valence-electron chi connectivity index (χ2n) is 4.05. The molecule has 0 aliphatic rings. The van der Waals surface area contributed by atoms with Gasteiger partial charge in [0.25, 0.3) is 0 Å². The van der Waals surface area contributed by atoms with Crippen molar-refractivity contribution in [2.75, 3.05) is 13.6 Å². The molecule has 0 saturated carbocycles. The molecule has 1 atom stereocenters. The lowest BCUT2D eigenvalue weighted by molar-refractivity contribution is -0.121. The third kappa shape index (κ3) is 5.33. The highest BCUT2D eigenvalue weighted by Gasteiger charge is 2.09. The summed E-state index contributed by atoms with van der Waals surface area (Å²) in [7, 11) is 1.89. The van der Waals surface area contributed by atoms with Crippen molar-refractivity contribution in [3.8, 4) is 0 Å². The van der Waals surface area contributed by atoms with Crippen LogP contribution in [-0.4, -0.2) is 19.5 Å². The Morgan fingerprint density at radius 1 is 1.47 bits per heavy atom. The van der Waals surface area contributed by atoms with Gasteiger partial charge in [0.15, 0.2) is 0 Å². The molecule has 94 valence electrons. The summed E-state index contributed by atoms with van der Waals surface area (Å²) in [5.74, 6) is 0.104. The van der Waals surface area contributed by atoms with Gasteiger partial charge in [-0.2, -0.15) is 0 Å². The van der Waals surface area contributed by atoms with E-state index < -0.39 is 0 Å². The van der Waals surface area contributed by atoms with Crippen LogP contribution in [0.25, 0.3) is 0 Å². The van der Waals surface area contributed by atoms with Gasteiger partial charge in [0.05, 0.1) is 6.04 Å². The average molecular weight is 299 g/mol. The van der Waals surface area contributed by atoms with E-state index in [9.17, 15) is 4.79 Å². The predicted octanol–water partition coefficient (Wildman–Crippen LogP) is 2.63. The number of rotatable bonds is 6. The van der Waals surface area contributed by atoms with E-state index in [1.807, 2.05) is 38.2 Å². The maximum atomic E-state index is 11.6. The lowest BCUT2D eigenvalue weighted by Gasteiger charge is -2.14. The molecule has 1 rings (SSSR count). The molecule has 17 heavy (non-hydrogen) atoms. The van der Waals surface area contributed by atoms with Crippen molar-refractivity contribution in [1.29, 1.82) is 0 Å². The Bertz CT molecular complexity index is 368. The zero-order chi connectivity index (χ0) is 12.7. The summed E-state index contributed by atoms with van der Waals surface area (Å²) in [5, 5.41) is 6.02. The molecule has 1 unspecified atom stereocenters. The first-order valence-corrected chi connectivity index (χ1v) is 6.62. The maximum absolute atomic E-state index is 11.6. The Morgan fingerprint density at radius 3 is 2.88 bits per heavy atom. The normalized spacial score (nSPS) is 12.2. The fraction of sp³-hybridized carbons (Fsp3) is 0.462. The van der Waals surface area contributed by atoms with Gasteiger partial charge in [-0.1, -0.05) is 28.1 Å². The van der Waals surface area contributed by atoms with Gasteiger partial charge < -0.3 is 10.6 Å². The maximum Gasteiger partial charge on any atom is 0.220 e. The van der Waals surface area contributed by atoms with Crippen molar-refractivity contribution >= 4 is 21.8 Å². The van der Waals surface area contributed by atoms with E-state index in [1.54, 1.807) is 0 Å². The second kappa shape index (κ2) is 7.45. The third-order valence-electron chi connectivity index (χ3n) is 2.56. The van der Waals surface area contributed by atoms with E-state index in [0.717, 1.165) is 23.0 Å².